The molecule has 0 saturated carbocycles. The van der Waals surface area contributed by atoms with Crippen molar-refractivity contribution in [2.45, 2.75) is 19.5 Å². The largest absolute Gasteiger partial charge is 0.504 e. The van der Waals surface area contributed by atoms with E-state index in [0.29, 0.717) is 23.4 Å². The van der Waals surface area contributed by atoms with Gasteiger partial charge in [-0.15, -0.1) is 0 Å². The van der Waals surface area contributed by atoms with Gasteiger partial charge in [0.1, 0.15) is 6.17 Å². The second-order valence-electron chi connectivity index (χ2n) is 5.49. The van der Waals surface area contributed by atoms with Gasteiger partial charge in [0.2, 0.25) is 0 Å². The lowest BCUT2D eigenvalue weighted by Crippen LogP contribution is -2.43. The van der Waals surface area contributed by atoms with E-state index in [2.05, 4.69) is 5.32 Å². The van der Waals surface area contributed by atoms with E-state index in [0.717, 1.165) is 12.1 Å². The third kappa shape index (κ3) is 2.59. The van der Waals surface area contributed by atoms with E-state index in [9.17, 15) is 9.90 Å². The minimum atomic E-state index is -0.424. The fraction of sp³-hybridized carbons (Fsp3) is 0.278. The maximum Gasteiger partial charge on any atom is 0.257 e. The number of phenols is 1. The topological polar surface area (TPSA) is 61.8 Å². The van der Waals surface area contributed by atoms with Crippen molar-refractivity contribution in [2.24, 2.45) is 0 Å². The first-order chi connectivity index (χ1) is 11.2. The van der Waals surface area contributed by atoms with Gasteiger partial charge in [-0.1, -0.05) is 31.2 Å². The SMILES string of the molecule is CCCN1C(=O)c2ccccc2N[C@@H]1c1cccc(OC)c1O. The fourth-order valence-electron chi connectivity index (χ4n) is 2.93. The van der Waals surface area contributed by atoms with Crippen molar-refractivity contribution >= 4 is 11.6 Å². The van der Waals surface area contributed by atoms with Crippen molar-refractivity contribution in [3.05, 3.63) is 53.6 Å². The van der Waals surface area contributed by atoms with Crippen molar-refractivity contribution in [3.63, 3.8) is 0 Å². The lowest BCUT2D eigenvalue weighted by Gasteiger charge is -2.38. The van der Waals surface area contributed by atoms with Gasteiger partial charge in [-0.25, -0.2) is 0 Å². The van der Waals surface area contributed by atoms with Crippen LogP contribution in [-0.4, -0.2) is 29.6 Å². The number of aromatic hydroxyl groups is 1. The molecule has 5 nitrogen and oxygen atoms in total. The molecule has 1 amide bonds. The van der Waals surface area contributed by atoms with Crippen LogP contribution in [0.5, 0.6) is 11.5 Å². The molecule has 3 rings (SSSR count). The van der Waals surface area contributed by atoms with Crippen molar-refractivity contribution in [1.82, 2.24) is 4.90 Å². The summed E-state index contributed by atoms with van der Waals surface area (Å²) < 4.78 is 5.19. The third-order valence-electron chi connectivity index (χ3n) is 4.03. The molecule has 0 fully saturated rings. The summed E-state index contributed by atoms with van der Waals surface area (Å²) in [6, 6.07) is 12.7. The van der Waals surface area contributed by atoms with E-state index in [4.69, 9.17) is 4.74 Å². The molecule has 0 radical (unpaired) electrons. The van der Waals surface area contributed by atoms with Crippen LogP contribution in [0.15, 0.2) is 42.5 Å². The molecule has 0 unspecified atom stereocenters. The Morgan fingerprint density at radius 3 is 2.74 bits per heavy atom. The quantitative estimate of drug-likeness (QED) is 0.908. The Morgan fingerprint density at radius 1 is 1.22 bits per heavy atom. The number of hydrogen-bond donors (Lipinski definition) is 2. The standard InChI is InChI=1S/C18H20N2O3/c1-3-11-20-17(13-8-6-10-15(23-2)16(13)21)19-14-9-5-4-7-12(14)18(20)22/h4-10,17,19,21H,3,11H2,1-2H3/t17-/m0/s1. The van der Waals surface area contributed by atoms with E-state index < -0.39 is 6.17 Å². The van der Waals surface area contributed by atoms with E-state index in [1.807, 2.05) is 37.3 Å². The van der Waals surface area contributed by atoms with Crippen LogP contribution >= 0.6 is 0 Å². The van der Waals surface area contributed by atoms with Gasteiger partial charge in [-0.3, -0.25) is 4.79 Å². The van der Waals surface area contributed by atoms with Crippen molar-refractivity contribution in [1.29, 1.82) is 0 Å². The summed E-state index contributed by atoms with van der Waals surface area (Å²) in [5.41, 5.74) is 2.05. The van der Waals surface area contributed by atoms with Crippen LogP contribution in [0.4, 0.5) is 5.69 Å². The summed E-state index contributed by atoms with van der Waals surface area (Å²) in [6.07, 6.45) is 0.407. The zero-order valence-corrected chi connectivity index (χ0v) is 13.2. The summed E-state index contributed by atoms with van der Waals surface area (Å²) in [5, 5.41) is 13.8. The Balaban J connectivity index is 2.09. The highest BCUT2D eigenvalue weighted by Gasteiger charge is 2.34. The molecule has 1 aliphatic heterocycles. The first kappa shape index (κ1) is 15.2. The predicted octanol–water partition coefficient (Wildman–Crippen LogP) is 3.38. The lowest BCUT2D eigenvalue weighted by atomic mass is 10.0. The number of anilines is 1. The Kier molecular flexibility index (Phi) is 4.10. The van der Waals surface area contributed by atoms with E-state index in [1.54, 1.807) is 17.0 Å². The molecule has 0 spiro atoms. The Labute approximate surface area is 135 Å². The fourth-order valence-corrected chi connectivity index (χ4v) is 2.93. The number of nitrogens with zero attached hydrogens (tertiary/aromatic N) is 1. The molecule has 1 aliphatic rings. The van der Waals surface area contributed by atoms with Gasteiger partial charge in [0.15, 0.2) is 11.5 Å². The van der Waals surface area contributed by atoms with Gasteiger partial charge in [0, 0.05) is 17.8 Å². The smallest absolute Gasteiger partial charge is 0.257 e. The number of methoxy groups -OCH3 is 1. The second-order valence-corrected chi connectivity index (χ2v) is 5.49. The minimum absolute atomic E-state index is 0.0339. The van der Waals surface area contributed by atoms with E-state index in [1.165, 1.54) is 7.11 Å². The highest BCUT2D eigenvalue weighted by molar-refractivity contribution is 6.01. The van der Waals surface area contributed by atoms with Gasteiger partial charge >= 0.3 is 0 Å². The molecule has 120 valence electrons. The molecule has 2 aromatic rings. The van der Waals surface area contributed by atoms with Gasteiger partial charge in [0.05, 0.1) is 12.7 Å². The number of carbonyl (C=O) groups is 1. The van der Waals surface area contributed by atoms with Crippen LogP contribution in [-0.2, 0) is 0 Å². The molecule has 0 aliphatic carbocycles. The molecule has 23 heavy (non-hydrogen) atoms. The summed E-state index contributed by atoms with van der Waals surface area (Å²) in [4.78, 5) is 14.6. The van der Waals surface area contributed by atoms with Gasteiger partial charge in [-0.2, -0.15) is 0 Å². The molecular weight excluding hydrogens is 292 g/mol. The van der Waals surface area contributed by atoms with Crippen molar-refractivity contribution in [2.75, 3.05) is 19.0 Å². The molecule has 5 heteroatoms. The molecular formula is C18H20N2O3. The minimum Gasteiger partial charge on any atom is -0.504 e. The number of benzene rings is 2. The number of nitrogens with one attached hydrogen (secondary N) is 1. The monoisotopic (exact) mass is 312 g/mol. The normalized spacial score (nSPS) is 16.7. The second kappa shape index (κ2) is 6.20. The summed E-state index contributed by atoms with van der Waals surface area (Å²) in [5.74, 6) is 0.418. The first-order valence-electron chi connectivity index (χ1n) is 7.69. The Hall–Kier alpha value is -2.69. The number of amides is 1. The number of ether oxygens (including phenoxy) is 1. The first-order valence-corrected chi connectivity index (χ1v) is 7.69. The molecule has 0 saturated heterocycles. The summed E-state index contributed by atoms with van der Waals surface area (Å²) >= 11 is 0. The lowest BCUT2D eigenvalue weighted by molar-refractivity contribution is 0.0681. The van der Waals surface area contributed by atoms with Crippen LogP contribution in [0, 0.1) is 0 Å². The average Bonchev–Trinajstić information content (AvgIpc) is 2.58. The van der Waals surface area contributed by atoms with Crippen LogP contribution in [0.25, 0.3) is 0 Å². The van der Waals surface area contributed by atoms with Gasteiger partial charge < -0.3 is 20.1 Å². The maximum absolute atomic E-state index is 12.8. The Bertz CT molecular complexity index is 730. The van der Waals surface area contributed by atoms with Crippen molar-refractivity contribution in [3.8, 4) is 11.5 Å². The highest BCUT2D eigenvalue weighted by Crippen LogP contribution is 2.39. The molecule has 1 heterocycles. The highest BCUT2D eigenvalue weighted by atomic mass is 16.5. The zero-order chi connectivity index (χ0) is 16.4. The third-order valence-corrected chi connectivity index (χ3v) is 4.03. The van der Waals surface area contributed by atoms with Crippen LogP contribution < -0.4 is 10.1 Å². The van der Waals surface area contributed by atoms with Crippen LogP contribution in [0.2, 0.25) is 0 Å². The average molecular weight is 312 g/mol. The number of fused-ring (bicyclic) bond motifs is 1. The van der Waals surface area contributed by atoms with E-state index in [-0.39, 0.29) is 11.7 Å². The number of rotatable bonds is 4. The molecule has 0 bridgehead atoms. The molecule has 0 aromatic heterocycles. The van der Waals surface area contributed by atoms with Gasteiger partial charge in [-0.05, 0) is 24.6 Å². The molecule has 2 N–H and O–H groups in total. The molecule has 1 atom stereocenters. The summed E-state index contributed by atoms with van der Waals surface area (Å²) in [6.45, 7) is 2.62. The number of para-hydroxylation sites is 2. The number of phenolic OH excluding ortho intramolecular Hbond substituents is 1. The van der Waals surface area contributed by atoms with Crippen molar-refractivity contribution < 1.29 is 14.6 Å². The Morgan fingerprint density at radius 2 is 2.00 bits per heavy atom. The van der Waals surface area contributed by atoms with Gasteiger partial charge in [0.25, 0.3) is 5.91 Å². The molecule has 2 aromatic carbocycles. The number of hydrogen-bond acceptors (Lipinski definition) is 4. The zero-order valence-electron chi connectivity index (χ0n) is 13.2. The summed E-state index contributed by atoms with van der Waals surface area (Å²) in [7, 11) is 1.51. The van der Waals surface area contributed by atoms with Crippen LogP contribution in [0.3, 0.4) is 0 Å². The number of carbonyl (C=O) groups excluding carboxylic acids is 1. The van der Waals surface area contributed by atoms with E-state index >= 15 is 0 Å². The predicted molar refractivity (Wildman–Crippen MR) is 88.8 cm³/mol. The van der Waals surface area contributed by atoms with Crippen LogP contribution in [0.1, 0.15) is 35.4 Å². The maximum atomic E-state index is 12.8.